The summed E-state index contributed by atoms with van der Waals surface area (Å²) in [6, 6.07) is 9.65. The Morgan fingerprint density at radius 1 is 1.06 bits per heavy atom. The average molecular weight is 451 g/mol. The Bertz CT molecular complexity index is 1050. The molecule has 2 aliphatic heterocycles. The van der Waals surface area contributed by atoms with E-state index in [0.717, 1.165) is 69.3 Å². The lowest BCUT2D eigenvalue weighted by Crippen LogP contribution is -2.36. The van der Waals surface area contributed by atoms with Crippen LogP contribution in [-0.2, 0) is 0 Å². The molecule has 0 atom stereocenters. The molecule has 1 N–H and O–H groups in total. The topological polar surface area (TPSA) is 69.3 Å². The maximum atomic E-state index is 12.8. The molecule has 0 radical (unpaired) electrons. The fourth-order valence-electron chi connectivity index (χ4n) is 4.54. The van der Waals surface area contributed by atoms with Crippen LogP contribution in [0.15, 0.2) is 48.8 Å². The number of pyridine rings is 1. The van der Waals surface area contributed by atoms with Crippen molar-refractivity contribution in [3.8, 4) is 0 Å². The molecular formula is C26H31FN4O2. The molecule has 2 aromatic heterocycles. The molecule has 1 amide bonds. The van der Waals surface area contributed by atoms with Crippen molar-refractivity contribution in [3.63, 3.8) is 0 Å². The van der Waals surface area contributed by atoms with E-state index in [1.165, 1.54) is 12.1 Å². The molecular weight excluding hydrogens is 419 g/mol. The van der Waals surface area contributed by atoms with Crippen molar-refractivity contribution < 1.29 is 14.0 Å². The molecule has 1 aromatic carbocycles. The number of aromatic amines is 1. The number of Topliss-reactive ketones (excluding diaryl/α,β-unsaturated/α-hetero) is 1. The van der Waals surface area contributed by atoms with Gasteiger partial charge in [0.2, 0.25) is 0 Å². The predicted molar refractivity (Wildman–Crippen MR) is 127 cm³/mol. The van der Waals surface area contributed by atoms with E-state index in [1.54, 1.807) is 24.5 Å². The Balaban J connectivity index is 0.000000157. The summed E-state index contributed by atoms with van der Waals surface area (Å²) in [5.41, 5.74) is 2.28. The van der Waals surface area contributed by atoms with Gasteiger partial charge in [-0.2, -0.15) is 0 Å². The van der Waals surface area contributed by atoms with Gasteiger partial charge in [0.1, 0.15) is 11.5 Å². The third-order valence-corrected chi connectivity index (χ3v) is 6.58. The van der Waals surface area contributed by atoms with Gasteiger partial charge in [0.25, 0.3) is 5.91 Å². The number of halogens is 1. The summed E-state index contributed by atoms with van der Waals surface area (Å²) in [5, 5.41) is 0.991. The lowest BCUT2D eigenvalue weighted by atomic mass is 9.89. The van der Waals surface area contributed by atoms with E-state index in [0.29, 0.717) is 11.3 Å². The van der Waals surface area contributed by atoms with Crippen LogP contribution < -0.4 is 0 Å². The molecule has 5 rings (SSSR count). The van der Waals surface area contributed by atoms with Crippen LogP contribution in [0, 0.1) is 11.7 Å². The minimum absolute atomic E-state index is 0.105. The van der Waals surface area contributed by atoms with Gasteiger partial charge in [-0.05, 0) is 81.7 Å². The molecule has 2 fully saturated rings. The number of likely N-dealkylation sites (tertiary alicyclic amines) is 2. The van der Waals surface area contributed by atoms with Crippen molar-refractivity contribution in [2.24, 2.45) is 5.92 Å². The van der Waals surface area contributed by atoms with Crippen LogP contribution in [0.4, 0.5) is 4.39 Å². The normalized spacial score (nSPS) is 17.1. The van der Waals surface area contributed by atoms with Gasteiger partial charge >= 0.3 is 0 Å². The van der Waals surface area contributed by atoms with Gasteiger partial charge in [-0.1, -0.05) is 6.92 Å². The highest BCUT2D eigenvalue weighted by atomic mass is 19.1. The molecule has 0 unspecified atom stereocenters. The number of benzene rings is 1. The molecule has 2 aliphatic rings. The lowest BCUT2D eigenvalue weighted by Gasteiger charge is -2.30. The Morgan fingerprint density at radius 2 is 1.76 bits per heavy atom. The van der Waals surface area contributed by atoms with Crippen molar-refractivity contribution in [1.29, 1.82) is 0 Å². The molecule has 0 aliphatic carbocycles. The van der Waals surface area contributed by atoms with E-state index in [2.05, 4.69) is 21.8 Å². The van der Waals surface area contributed by atoms with Gasteiger partial charge < -0.3 is 14.8 Å². The Morgan fingerprint density at radius 3 is 2.39 bits per heavy atom. The highest BCUT2D eigenvalue weighted by molar-refractivity contribution is 5.98. The largest absolute Gasteiger partial charge is 0.350 e. The molecule has 7 heteroatoms. The van der Waals surface area contributed by atoms with Gasteiger partial charge in [-0.15, -0.1) is 0 Å². The lowest BCUT2D eigenvalue weighted by molar-refractivity contribution is 0.0787. The van der Waals surface area contributed by atoms with Crippen LogP contribution >= 0.6 is 0 Å². The summed E-state index contributed by atoms with van der Waals surface area (Å²) >= 11 is 0. The van der Waals surface area contributed by atoms with Gasteiger partial charge in [-0.25, -0.2) is 4.39 Å². The minimum atomic E-state index is -0.289. The van der Waals surface area contributed by atoms with Crippen molar-refractivity contribution in [2.45, 2.75) is 32.6 Å². The summed E-state index contributed by atoms with van der Waals surface area (Å²) in [6.07, 6.45) is 7.57. The van der Waals surface area contributed by atoms with Crippen molar-refractivity contribution >= 4 is 22.6 Å². The number of nitrogens with one attached hydrogen (secondary N) is 1. The highest BCUT2D eigenvalue weighted by Gasteiger charge is 2.25. The molecule has 0 bridgehead atoms. The SMILES string of the molecule is CCN1CCC(C(=O)c2ccc(F)cc2)CC1.O=C(c1cc2cnccc2[nH]1)N1CCCC1. The second-order valence-electron chi connectivity index (χ2n) is 8.72. The maximum absolute atomic E-state index is 12.8. The zero-order valence-electron chi connectivity index (χ0n) is 19.1. The van der Waals surface area contributed by atoms with E-state index >= 15 is 0 Å². The quantitative estimate of drug-likeness (QED) is 0.593. The van der Waals surface area contributed by atoms with Crippen LogP contribution in [-0.4, -0.2) is 64.2 Å². The fraction of sp³-hybridized carbons (Fsp3) is 0.423. The van der Waals surface area contributed by atoms with Crippen LogP contribution in [0.1, 0.15) is 53.5 Å². The number of piperidine rings is 1. The van der Waals surface area contributed by atoms with Gasteiger partial charge in [0, 0.05) is 47.9 Å². The molecule has 2 saturated heterocycles. The standard InChI is InChI=1S/C14H18FNO.C12H13N3O/c1-2-16-9-7-12(8-10-16)14(17)11-3-5-13(15)6-4-11;16-12(15-5-1-2-6-15)11-7-9-8-13-4-3-10(9)14-11/h3-6,12H,2,7-10H2,1H3;3-4,7-8,14H,1-2,5-6H2. The molecule has 0 saturated carbocycles. The smallest absolute Gasteiger partial charge is 0.270 e. The van der Waals surface area contributed by atoms with E-state index in [9.17, 15) is 14.0 Å². The third-order valence-electron chi connectivity index (χ3n) is 6.58. The Labute approximate surface area is 193 Å². The average Bonchev–Trinajstić information content (AvgIpc) is 3.54. The summed E-state index contributed by atoms with van der Waals surface area (Å²) in [6.45, 7) is 6.95. The van der Waals surface area contributed by atoms with E-state index in [-0.39, 0.29) is 23.4 Å². The molecule has 4 heterocycles. The maximum Gasteiger partial charge on any atom is 0.270 e. The van der Waals surface area contributed by atoms with E-state index in [1.807, 2.05) is 17.0 Å². The predicted octanol–water partition coefficient (Wildman–Crippen LogP) is 4.54. The fourth-order valence-corrected chi connectivity index (χ4v) is 4.54. The first-order chi connectivity index (χ1) is 16.0. The summed E-state index contributed by atoms with van der Waals surface area (Å²) in [7, 11) is 0. The van der Waals surface area contributed by atoms with Gasteiger partial charge in [0.05, 0.1) is 0 Å². The first-order valence-corrected chi connectivity index (χ1v) is 11.8. The second kappa shape index (κ2) is 10.7. The van der Waals surface area contributed by atoms with Crippen LogP contribution in [0.3, 0.4) is 0 Å². The van der Waals surface area contributed by atoms with Crippen molar-refractivity contribution in [2.75, 3.05) is 32.7 Å². The minimum Gasteiger partial charge on any atom is -0.350 e. The molecule has 0 spiro atoms. The summed E-state index contributed by atoms with van der Waals surface area (Å²) in [5.74, 6) is 0.0973. The van der Waals surface area contributed by atoms with Gasteiger partial charge in [-0.3, -0.25) is 14.6 Å². The number of fused-ring (bicyclic) bond motifs is 1. The van der Waals surface area contributed by atoms with Crippen LogP contribution in [0.25, 0.3) is 10.9 Å². The monoisotopic (exact) mass is 450 g/mol. The number of nitrogens with zero attached hydrogens (tertiary/aromatic N) is 3. The number of aromatic nitrogens is 2. The number of H-pyrrole nitrogens is 1. The molecule has 6 nitrogen and oxygen atoms in total. The Hall–Kier alpha value is -3.06. The molecule has 33 heavy (non-hydrogen) atoms. The van der Waals surface area contributed by atoms with Crippen molar-refractivity contribution in [3.05, 3.63) is 65.9 Å². The number of carbonyl (C=O) groups is 2. The zero-order chi connectivity index (χ0) is 23.2. The third kappa shape index (κ3) is 5.66. The first kappa shape index (κ1) is 23.1. The zero-order valence-corrected chi connectivity index (χ0v) is 19.1. The van der Waals surface area contributed by atoms with Crippen LogP contribution in [0.2, 0.25) is 0 Å². The molecule has 174 valence electrons. The summed E-state index contributed by atoms with van der Waals surface area (Å²) < 4.78 is 12.8. The van der Waals surface area contributed by atoms with Crippen molar-refractivity contribution in [1.82, 2.24) is 19.8 Å². The highest BCUT2D eigenvalue weighted by Crippen LogP contribution is 2.22. The van der Waals surface area contributed by atoms with E-state index < -0.39 is 0 Å². The number of hydrogen-bond acceptors (Lipinski definition) is 4. The number of amides is 1. The molecule has 3 aromatic rings. The van der Waals surface area contributed by atoms with Crippen LogP contribution in [0.5, 0.6) is 0 Å². The number of rotatable bonds is 4. The van der Waals surface area contributed by atoms with E-state index in [4.69, 9.17) is 0 Å². The Kier molecular flexibility index (Phi) is 7.50. The first-order valence-electron chi connectivity index (χ1n) is 11.8. The van der Waals surface area contributed by atoms with Gasteiger partial charge in [0.15, 0.2) is 5.78 Å². The number of ketones is 1. The second-order valence-corrected chi connectivity index (χ2v) is 8.72. The summed E-state index contributed by atoms with van der Waals surface area (Å²) in [4.78, 5) is 35.7. The number of carbonyl (C=O) groups excluding carboxylic acids is 2. The number of hydrogen-bond donors (Lipinski definition) is 1.